The van der Waals surface area contributed by atoms with Gasteiger partial charge in [0.05, 0.1) is 12.6 Å². The van der Waals surface area contributed by atoms with Crippen molar-refractivity contribution < 1.29 is 0 Å². The number of rotatable bonds is 4. The van der Waals surface area contributed by atoms with Crippen LogP contribution in [0.4, 0.5) is 0 Å². The fraction of sp³-hybridized carbons (Fsp3) is 0.889. The topological polar surface area (TPSA) is 41.6 Å². The highest BCUT2D eigenvalue weighted by Crippen LogP contribution is 2.13. The van der Waals surface area contributed by atoms with E-state index >= 15 is 0 Å². The Kier molecular flexibility index (Phi) is 3.38. The molecule has 0 aliphatic carbocycles. The maximum absolute atomic E-state index is 5.76. The average Bonchev–Trinajstić information content (AvgIpc) is 2.37. The highest BCUT2D eigenvalue weighted by Gasteiger charge is 2.23. The molecule has 1 aliphatic rings. The zero-order valence-electron chi connectivity index (χ0n) is 8.08. The summed E-state index contributed by atoms with van der Waals surface area (Å²) in [5.41, 5.74) is 5.76. The Labute approximate surface area is 74.6 Å². The van der Waals surface area contributed by atoms with Gasteiger partial charge in [-0.15, -0.1) is 0 Å². The first kappa shape index (κ1) is 9.36. The molecule has 0 saturated heterocycles. The molecule has 0 aromatic rings. The summed E-state index contributed by atoms with van der Waals surface area (Å²) in [4.78, 5) is 6.50. The molecule has 0 spiro atoms. The van der Waals surface area contributed by atoms with Crippen LogP contribution in [0.3, 0.4) is 0 Å². The van der Waals surface area contributed by atoms with E-state index in [4.69, 9.17) is 5.73 Å². The maximum atomic E-state index is 5.76. The van der Waals surface area contributed by atoms with Crippen LogP contribution in [0.1, 0.15) is 33.1 Å². The van der Waals surface area contributed by atoms with Gasteiger partial charge in [-0.05, 0) is 12.8 Å². The standard InChI is InChI=1S/C9H19N3/c1-3-5-8-7-11-9(10)12(8)6-4-2/h8H,3-7H2,1-2H3,(H2,10,11). The zero-order valence-corrected chi connectivity index (χ0v) is 8.08. The minimum atomic E-state index is 0.579. The third-order valence-corrected chi connectivity index (χ3v) is 2.29. The van der Waals surface area contributed by atoms with Crippen molar-refractivity contribution >= 4 is 5.96 Å². The second kappa shape index (κ2) is 4.33. The molecule has 12 heavy (non-hydrogen) atoms. The van der Waals surface area contributed by atoms with Crippen LogP contribution < -0.4 is 5.73 Å². The lowest BCUT2D eigenvalue weighted by Gasteiger charge is -2.25. The molecule has 0 amide bonds. The summed E-state index contributed by atoms with van der Waals surface area (Å²) < 4.78 is 0. The van der Waals surface area contributed by atoms with Crippen LogP contribution in [0, 0.1) is 0 Å². The summed E-state index contributed by atoms with van der Waals surface area (Å²) in [5.74, 6) is 0.746. The van der Waals surface area contributed by atoms with Gasteiger partial charge < -0.3 is 10.6 Å². The van der Waals surface area contributed by atoms with Gasteiger partial charge in [-0.3, -0.25) is 4.99 Å². The van der Waals surface area contributed by atoms with E-state index < -0.39 is 0 Å². The molecule has 0 radical (unpaired) electrons. The molecule has 1 heterocycles. The molecule has 3 nitrogen and oxygen atoms in total. The molecule has 1 atom stereocenters. The average molecular weight is 169 g/mol. The molecule has 0 aromatic carbocycles. The monoisotopic (exact) mass is 169 g/mol. The van der Waals surface area contributed by atoms with Crippen molar-refractivity contribution in [2.24, 2.45) is 10.7 Å². The van der Waals surface area contributed by atoms with Crippen LogP contribution in [0.5, 0.6) is 0 Å². The largest absolute Gasteiger partial charge is 0.370 e. The SMILES string of the molecule is CCCC1CN=C(N)N1CCC. The molecule has 0 fully saturated rings. The van der Waals surface area contributed by atoms with Gasteiger partial charge in [-0.2, -0.15) is 0 Å². The van der Waals surface area contributed by atoms with Crippen LogP contribution >= 0.6 is 0 Å². The van der Waals surface area contributed by atoms with Crippen molar-refractivity contribution in [3.05, 3.63) is 0 Å². The number of guanidine groups is 1. The van der Waals surface area contributed by atoms with Crippen molar-refractivity contribution in [3.8, 4) is 0 Å². The van der Waals surface area contributed by atoms with Crippen molar-refractivity contribution in [2.45, 2.75) is 39.2 Å². The minimum absolute atomic E-state index is 0.579. The summed E-state index contributed by atoms with van der Waals surface area (Å²) >= 11 is 0. The Morgan fingerprint density at radius 1 is 1.50 bits per heavy atom. The molecule has 2 N–H and O–H groups in total. The third kappa shape index (κ3) is 1.90. The molecule has 1 aliphatic heterocycles. The van der Waals surface area contributed by atoms with Crippen LogP contribution in [0.15, 0.2) is 4.99 Å². The number of hydrogen-bond donors (Lipinski definition) is 1. The summed E-state index contributed by atoms with van der Waals surface area (Å²) in [6.07, 6.45) is 3.58. The molecule has 1 unspecified atom stereocenters. The Balaban J connectivity index is 2.45. The minimum Gasteiger partial charge on any atom is -0.370 e. The van der Waals surface area contributed by atoms with E-state index in [-0.39, 0.29) is 0 Å². The summed E-state index contributed by atoms with van der Waals surface area (Å²) in [5, 5.41) is 0. The Bertz CT molecular complexity index is 165. The van der Waals surface area contributed by atoms with Crippen molar-refractivity contribution in [1.82, 2.24) is 4.90 Å². The second-order valence-electron chi connectivity index (χ2n) is 3.33. The van der Waals surface area contributed by atoms with Crippen LogP contribution in [0.2, 0.25) is 0 Å². The summed E-state index contributed by atoms with van der Waals surface area (Å²) in [6.45, 7) is 6.34. The van der Waals surface area contributed by atoms with Gasteiger partial charge in [0.2, 0.25) is 0 Å². The molecule has 0 bridgehead atoms. The van der Waals surface area contributed by atoms with E-state index in [0.29, 0.717) is 6.04 Å². The van der Waals surface area contributed by atoms with Crippen molar-refractivity contribution in [1.29, 1.82) is 0 Å². The predicted molar refractivity (Wildman–Crippen MR) is 52.2 cm³/mol. The predicted octanol–water partition coefficient (Wildman–Crippen LogP) is 1.20. The maximum Gasteiger partial charge on any atom is 0.191 e. The van der Waals surface area contributed by atoms with E-state index in [0.717, 1.165) is 25.5 Å². The van der Waals surface area contributed by atoms with Crippen LogP contribution in [0.25, 0.3) is 0 Å². The Morgan fingerprint density at radius 3 is 2.83 bits per heavy atom. The van der Waals surface area contributed by atoms with Gasteiger partial charge in [-0.1, -0.05) is 20.3 Å². The molecule has 1 rings (SSSR count). The molecular weight excluding hydrogens is 150 g/mol. The molecule has 0 aromatic heterocycles. The molecule has 0 saturated carbocycles. The van der Waals surface area contributed by atoms with Gasteiger partial charge in [-0.25, -0.2) is 0 Å². The third-order valence-electron chi connectivity index (χ3n) is 2.29. The second-order valence-corrected chi connectivity index (χ2v) is 3.33. The fourth-order valence-electron chi connectivity index (χ4n) is 1.69. The summed E-state index contributed by atoms with van der Waals surface area (Å²) in [7, 11) is 0. The van der Waals surface area contributed by atoms with E-state index in [1.165, 1.54) is 12.8 Å². The van der Waals surface area contributed by atoms with E-state index in [2.05, 4.69) is 23.7 Å². The first-order valence-corrected chi connectivity index (χ1v) is 4.86. The smallest absolute Gasteiger partial charge is 0.191 e. The molecule has 3 heteroatoms. The Hall–Kier alpha value is -0.730. The van der Waals surface area contributed by atoms with E-state index in [1.54, 1.807) is 0 Å². The highest BCUT2D eigenvalue weighted by atomic mass is 15.3. The Morgan fingerprint density at radius 2 is 2.25 bits per heavy atom. The summed E-state index contributed by atoms with van der Waals surface area (Å²) in [6, 6.07) is 0.579. The van der Waals surface area contributed by atoms with Gasteiger partial charge >= 0.3 is 0 Å². The van der Waals surface area contributed by atoms with Crippen LogP contribution in [-0.2, 0) is 0 Å². The number of nitrogens with two attached hydrogens (primary N) is 1. The van der Waals surface area contributed by atoms with Crippen molar-refractivity contribution in [2.75, 3.05) is 13.1 Å². The molecule has 70 valence electrons. The fourth-order valence-corrected chi connectivity index (χ4v) is 1.69. The van der Waals surface area contributed by atoms with Gasteiger partial charge in [0.25, 0.3) is 0 Å². The number of hydrogen-bond acceptors (Lipinski definition) is 3. The lowest BCUT2D eigenvalue weighted by atomic mass is 10.1. The van der Waals surface area contributed by atoms with Gasteiger partial charge in [0.1, 0.15) is 0 Å². The first-order chi connectivity index (χ1) is 5.79. The lowest BCUT2D eigenvalue weighted by Crippen LogP contribution is -2.40. The lowest BCUT2D eigenvalue weighted by molar-refractivity contribution is 0.322. The normalized spacial score (nSPS) is 23.0. The number of nitrogens with zero attached hydrogens (tertiary/aromatic N) is 2. The molecular formula is C9H19N3. The van der Waals surface area contributed by atoms with E-state index in [9.17, 15) is 0 Å². The zero-order chi connectivity index (χ0) is 8.97. The van der Waals surface area contributed by atoms with Crippen molar-refractivity contribution in [3.63, 3.8) is 0 Å². The van der Waals surface area contributed by atoms with Crippen LogP contribution in [-0.4, -0.2) is 30.0 Å². The van der Waals surface area contributed by atoms with Gasteiger partial charge in [0.15, 0.2) is 5.96 Å². The van der Waals surface area contributed by atoms with Gasteiger partial charge in [0, 0.05) is 6.54 Å². The quantitative estimate of drug-likeness (QED) is 0.687. The number of aliphatic imine (C=N–C) groups is 1. The first-order valence-electron chi connectivity index (χ1n) is 4.86. The van der Waals surface area contributed by atoms with E-state index in [1.807, 2.05) is 0 Å². The highest BCUT2D eigenvalue weighted by molar-refractivity contribution is 5.80.